The molecular formula is C22H26N4OS. The minimum Gasteiger partial charge on any atom is -0.356 e. The Hall–Kier alpha value is -2.34. The largest absolute Gasteiger partial charge is 0.356 e. The van der Waals surface area contributed by atoms with E-state index in [1.807, 2.05) is 13.0 Å². The highest BCUT2D eigenvalue weighted by Crippen LogP contribution is 2.51. The first-order valence-electron chi connectivity index (χ1n) is 9.78. The standard InChI is InChI=1S/C22H26N4OS/c1-5-23-20(27)17-12-16(17)15-8-6-7-9-18(15)28-14-10-11-19-24-25-21(22(2,3)4)26(19)13-14/h6-11,13,16-17H,5,12H2,1-4H3,(H,23,27). The number of pyridine rings is 1. The van der Waals surface area contributed by atoms with Crippen LogP contribution >= 0.6 is 11.8 Å². The molecule has 0 saturated heterocycles. The maximum Gasteiger partial charge on any atom is 0.223 e. The van der Waals surface area contributed by atoms with E-state index in [1.165, 1.54) is 10.5 Å². The number of nitrogens with one attached hydrogen (secondary N) is 1. The lowest BCUT2D eigenvalue weighted by molar-refractivity contribution is -0.122. The average Bonchev–Trinajstić information content (AvgIpc) is 3.33. The van der Waals surface area contributed by atoms with Crippen LogP contribution in [0.15, 0.2) is 52.4 Å². The van der Waals surface area contributed by atoms with Gasteiger partial charge in [0.25, 0.3) is 0 Å². The van der Waals surface area contributed by atoms with Crippen molar-refractivity contribution in [3.63, 3.8) is 0 Å². The molecule has 28 heavy (non-hydrogen) atoms. The molecule has 5 nitrogen and oxygen atoms in total. The molecule has 3 aromatic rings. The second-order valence-corrected chi connectivity index (χ2v) is 9.47. The molecule has 1 fully saturated rings. The highest BCUT2D eigenvalue weighted by Gasteiger charge is 2.44. The topological polar surface area (TPSA) is 59.3 Å². The van der Waals surface area contributed by atoms with E-state index >= 15 is 0 Å². The number of nitrogens with zero attached hydrogens (tertiary/aromatic N) is 3. The SMILES string of the molecule is CCNC(=O)C1CC1c1ccccc1Sc1ccc2nnc(C(C)(C)C)n2c1. The van der Waals surface area contributed by atoms with Gasteiger partial charge in [0.1, 0.15) is 5.82 Å². The van der Waals surface area contributed by atoms with Gasteiger partial charge in [-0.05, 0) is 43.0 Å². The van der Waals surface area contributed by atoms with Gasteiger partial charge in [0.15, 0.2) is 5.65 Å². The Balaban J connectivity index is 1.61. The molecule has 0 bridgehead atoms. The fraction of sp³-hybridized carbons (Fsp3) is 0.409. The number of amides is 1. The Morgan fingerprint density at radius 2 is 2.00 bits per heavy atom. The van der Waals surface area contributed by atoms with Crippen LogP contribution in [0.2, 0.25) is 0 Å². The summed E-state index contributed by atoms with van der Waals surface area (Å²) >= 11 is 1.74. The van der Waals surface area contributed by atoms with E-state index in [0.717, 1.165) is 22.8 Å². The van der Waals surface area contributed by atoms with Gasteiger partial charge in [-0.2, -0.15) is 0 Å². The van der Waals surface area contributed by atoms with Crippen LogP contribution < -0.4 is 5.32 Å². The van der Waals surface area contributed by atoms with E-state index in [1.54, 1.807) is 11.8 Å². The van der Waals surface area contributed by atoms with Gasteiger partial charge < -0.3 is 5.32 Å². The van der Waals surface area contributed by atoms with Gasteiger partial charge >= 0.3 is 0 Å². The van der Waals surface area contributed by atoms with E-state index in [9.17, 15) is 4.79 Å². The van der Waals surface area contributed by atoms with Crippen LogP contribution in [0.25, 0.3) is 5.65 Å². The van der Waals surface area contributed by atoms with Crippen LogP contribution in [0, 0.1) is 5.92 Å². The maximum absolute atomic E-state index is 12.2. The van der Waals surface area contributed by atoms with Gasteiger partial charge in [-0.15, -0.1) is 10.2 Å². The number of aromatic nitrogens is 3. The van der Waals surface area contributed by atoms with Crippen molar-refractivity contribution in [1.82, 2.24) is 19.9 Å². The summed E-state index contributed by atoms with van der Waals surface area (Å²) in [5.74, 6) is 1.55. The number of carbonyl (C=O) groups is 1. The molecule has 2 aromatic heterocycles. The minimum absolute atomic E-state index is 0.0749. The van der Waals surface area contributed by atoms with Gasteiger partial charge in [-0.3, -0.25) is 9.20 Å². The van der Waals surface area contributed by atoms with E-state index in [-0.39, 0.29) is 17.2 Å². The van der Waals surface area contributed by atoms with Crippen molar-refractivity contribution in [3.05, 3.63) is 54.0 Å². The lowest BCUT2D eigenvalue weighted by Gasteiger charge is -2.16. The first-order valence-corrected chi connectivity index (χ1v) is 10.6. The molecule has 4 rings (SSSR count). The molecule has 0 radical (unpaired) electrons. The number of hydrogen-bond donors (Lipinski definition) is 1. The van der Waals surface area contributed by atoms with Crippen molar-refractivity contribution >= 4 is 23.3 Å². The molecule has 1 aliphatic rings. The average molecular weight is 395 g/mol. The molecule has 2 unspecified atom stereocenters. The van der Waals surface area contributed by atoms with Gasteiger partial charge in [0, 0.05) is 33.9 Å². The van der Waals surface area contributed by atoms with E-state index in [4.69, 9.17) is 0 Å². The third-order valence-electron chi connectivity index (χ3n) is 5.07. The zero-order valence-electron chi connectivity index (χ0n) is 16.8. The smallest absolute Gasteiger partial charge is 0.223 e. The Morgan fingerprint density at radius 1 is 1.21 bits per heavy atom. The van der Waals surface area contributed by atoms with Gasteiger partial charge in [0.05, 0.1) is 0 Å². The molecule has 1 saturated carbocycles. The number of benzene rings is 1. The fourth-order valence-electron chi connectivity index (χ4n) is 3.58. The van der Waals surface area contributed by atoms with Gasteiger partial charge in [0.2, 0.25) is 5.91 Å². The Kier molecular flexibility index (Phi) is 4.91. The molecule has 1 N–H and O–H groups in total. The van der Waals surface area contributed by atoms with Gasteiger partial charge in [-0.25, -0.2) is 0 Å². The summed E-state index contributed by atoms with van der Waals surface area (Å²) < 4.78 is 2.08. The molecule has 0 spiro atoms. The first-order chi connectivity index (χ1) is 13.4. The molecule has 2 atom stereocenters. The monoisotopic (exact) mass is 394 g/mol. The summed E-state index contributed by atoms with van der Waals surface area (Å²) in [5.41, 5.74) is 2.05. The van der Waals surface area contributed by atoms with Crippen LogP contribution in [-0.4, -0.2) is 27.0 Å². The zero-order valence-corrected chi connectivity index (χ0v) is 17.6. The lowest BCUT2D eigenvalue weighted by Crippen LogP contribution is -2.24. The predicted molar refractivity (Wildman–Crippen MR) is 112 cm³/mol. The third kappa shape index (κ3) is 3.65. The van der Waals surface area contributed by atoms with Crippen molar-refractivity contribution in [3.8, 4) is 0 Å². The zero-order chi connectivity index (χ0) is 19.9. The highest BCUT2D eigenvalue weighted by molar-refractivity contribution is 7.99. The fourth-order valence-corrected chi connectivity index (χ4v) is 4.62. The summed E-state index contributed by atoms with van der Waals surface area (Å²) in [4.78, 5) is 14.5. The van der Waals surface area contributed by atoms with Crippen molar-refractivity contribution < 1.29 is 4.79 Å². The quantitative estimate of drug-likeness (QED) is 0.696. The van der Waals surface area contributed by atoms with Crippen LogP contribution in [0.5, 0.6) is 0 Å². The minimum atomic E-state index is -0.0749. The van der Waals surface area contributed by atoms with Crippen molar-refractivity contribution in [2.45, 2.75) is 55.2 Å². The van der Waals surface area contributed by atoms with Crippen LogP contribution in [-0.2, 0) is 10.2 Å². The Bertz CT molecular complexity index is 1020. The van der Waals surface area contributed by atoms with Crippen molar-refractivity contribution in [2.75, 3.05) is 6.54 Å². The summed E-state index contributed by atoms with van der Waals surface area (Å²) in [7, 11) is 0. The van der Waals surface area contributed by atoms with Crippen molar-refractivity contribution in [2.24, 2.45) is 5.92 Å². The Labute approximate surface area is 169 Å². The Morgan fingerprint density at radius 3 is 2.75 bits per heavy atom. The number of carbonyl (C=O) groups excluding carboxylic acids is 1. The summed E-state index contributed by atoms with van der Waals surface area (Å²) in [6.07, 6.45) is 3.05. The first kappa shape index (κ1) is 19.0. The highest BCUT2D eigenvalue weighted by atomic mass is 32.2. The van der Waals surface area contributed by atoms with E-state index < -0.39 is 0 Å². The van der Waals surface area contributed by atoms with Gasteiger partial charge in [-0.1, -0.05) is 50.7 Å². The molecule has 0 aliphatic heterocycles. The molecular weight excluding hydrogens is 368 g/mol. The maximum atomic E-state index is 12.2. The summed E-state index contributed by atoms with van der Waals surface area (Å²) in [6.45, 7) is 9.09. The summed E-state index contributed by atoms with van der Waals surface area (Å²) in [6, 6.07) is 12.5. The molecule has 2 heterocycles. The normalized spacial score (nSPS) is 19.0. The number of hydrogen-bond acceptors (Lipinski definition) is 4. The predicted octanol–water partition coefficient (Wildman–Crippen LogP) is 4.42. The second-order valence-electron chi connectivity index (χ2n) is 8.35. The van der Waals surface area contributed by atoms with Crippen LogP contribution in [0.4, 0.5) is 0 Å². The second kappa shape index (κ2) is 7.24. The lowest BCUT2D eigenvalue weighted by atomic mass is 9.96. The molecule has 6 heteroatoms. The molecule has 1 amide bonds. The summed E-state index contributed by atoms with van der Waals surface area (Å²) in [5, 5.41) is 11.6. The van der Waals surface area contributed by atoms with E-state index in [0.29, 0.717) is 12.5 Å². The molecule has 1 aromatic carbocycles. The number of fused-ring (bicyclic) bond motifs is 1. The number of rotatable bonds is 5. The van der Waals surface area contributed by atoms with Crippen LogP contribution in [0.1, 0.15) is 51.4 Å². The molecule has 146 valence electrons. The van der Waals surface area contributed by atoms with E-state index in [2.05, 4.69) is 77.2 Å². The van der Waals surface area contributed by atoms with Crippen molar-refractivity contribution in [1.29, 1.82) is 0 Å². The van der Waals surface area contributed by atoms with Crippen LogP contribution in [0.3, 0.4) is 0 Å². The molecule has 1 aliphatic carbocycles. The third-order valence-corrected chi connectivity index (χ3v) is 6.14.